The van der Waals surface area contributed by atoms with Crippen molar-refractivity contribution in [2.45, 2.75) is 76.4 Å². The number of amides is 1. The molecule has 1 aliphatic rings. The Bertz CT molecular complexity index is 1140. The molecule has 31 heavy (non-hydrogen) atoms. The van der Waals surface area contributed by atoms with Gasteiger partial charge in [0.25, 0.3) is 5.91 Å². The average molecular weight is 469 g/mol. The number of benzene rings is 1. The van der Waals surface area contributed by atoms with Crippen molar-refractivity contribution in [2.75, 3.05) is 0 Å². The summed E-state index contributed by atoms with van der Waals surface area (Å²) in [6.07, 6.45) is 0.658. The second-order valence-corrected chi connectivity index (χ2v) is 11.6. The molecule has 0 bridgehead atoms. The van der Waals surface area contributed by atoms with Crippen LogP contribution in [0.5, 0.6) is 0 Å². The Morgan fingerprint density at radius 2 is 2.03 bits per heavy atom. The van der Waals surface area contributed by atoms with Crippen molar-refractivity contribution in [3.05, 3.63) is 50.6 Å². The first-order chi connectivity index (χ1) is 14.3. The van der Waals surface area contributed by atoms with Gasteiger partial charge in [0.05, 0.1) is 25.2 Å². The molecular weight excluding hydrogens is 439 g/mol. The molecule has 0 spiro atoms. The molecule has 1 aliphatic heterocycles. The van der Waals surface area contributed by atoms with Gasteiger partial charge in [-0.3, -0.25) is 4.79 Å². The lowest BCUT2D eigenvalue weighted by molar-refractivity contribution is -0.117. The fraction of sp³-hybridized carbons (Fsp3) is 0.500. The first-order valence-corrected chi connectivity index (χ1v) is 12.6. The second kappa shape index (κ2) is 8.71. The van der Waals surface area contributed by atoms with Crippen molar-refractivity contribution in [3.8, 4) is 0 Å². The number of ether oxygens (including phenoxy) is 1. The zero-order chi connectivity index (χ0) is 23.1. The molecule has 0 saturated heterocycles. The van der Waals surface area contributed by atoms with Crippen LogP contribution < -0.4 is 5.14 Å². The van der Waals surface area contributed by atoms with Gasteiger partial charge in [0.1, 0.15) is 0 Å². The standard InChI is InChI=1S/C22H29FN2O4S2/c1-6-14-16(15(12(2)3)7-13-10-29-11-17(13)14)8-20(26)25-31(24,28)21-18(23)9-19(30-21)22(4,5)27/h7,9,12,27H,6,8,10-11H2,1-5H3,(H2,24,25,26,28). The fourth-order valence-electron chi connectivity index (χ4n) is 3.86. The molecule has 3 N–H and O–H groups in total. The number of nitrogens with two attached hydrogens (primary N) is 1. The normalized spacial score (nSPS) is 15.8. The van der Waals surface area contributed by atoms with Gasteiger partial charge in [0.15, 0.2) is 19.9 Å². The third kappa shape index (κ3) is 4.90. The lowest BCUT2D eigenvalue weighted by Gasteiger charge is -2.19. The monoisotopic (exact) mass is 468 g/mol. The van der Waals surface area contributed by atoms with Gasteiger partial charge in [-0.05, 0) is 60.1 Å². The quantitative estimate of drug-likeness (QED) is 0.660. The Balaban J connectivity index is 2.01. The summed E-state index contributed by atoms with van der Waals surface area (Å²) < 4.78 is 36.4. The van der Waals surface area contributed by atoms with Crippen LogP contribution in [0.25, 0.3) is 0 Å². The van der Waals surface area contributed by atoms with Gasteiger partial charge >= 0.3 is 0 Å². The fourth-order valence-corrected chi connectivity index (χ4v) is 6.28. The number of hydrogen-bond acceptors (Lipinski definition) is 5. The van der Waals surface area contributed by atoms with Gasteiger partial charge in [-0.15, -0.1) is 15.7 Å². The Kier molecular flexibility index (Phi) is 6.74. The molecule has 1 atom stereocenters. The molecule has 1 unspecified atom stereocenters. The molecular formula is C22H29FN2O4S2. The molecule has 6 nitrogen and oxygen atoms in total. The summed E-state index contributed by atoms with van der Waals surface area (Å²) in [5.74, 6) is -1.33. The number of thiophene rings is 1. The van der Waals surface area contributed by atoms with Crippen molar-refractivity contribution < 1.29 is 23.2 Å². The first kappa shape index (κ1) is 24.0. The molecule has 2 aromatic rings. The van der Waals surface area contributed by atoms with E-state index in [9.17, 15) is 18.5 Å². The number of rotatable bonds is 6. The number of aliphatic hydroxyl groups is 1. The third-order valence-corrected chi connectivity index (χ3v) is 8.75. The van der Waals surface area contributed by atoms with E-state index in [4.69, 9.17) is 9.88 Å². The topological polar surface area (TPSA) is 102 Å². The van der Waals surface area contributed by atoms with E-state index >= 15 is 0 Å². The molecule has 0 radical (unpaired) electrons. The van der Waals surface area contributed by atoms with Crippen LogP contribution in [0.3, 0.4) is 0 Å². The third-order valence-electron chi connectivity index (χ3n) is 5.36. The summed E-state index contributed by atoms with van der Waals surface area (Å²) in [6, 6.07) is 3.15. The minimum absolute atomic E-state index is 0.0660. The molecule has 170 valence electrons. The smallest absolute Gasteiger partial charge is 0.259 e. The van der Waals surface area contributed by atoms with Crippen LogP contribution in [-0.4, -0.2) is 15.2 Å². The van der Waals surface area contributed by atoms with E-state index in [-0.39, 0.29) is 21.4 Å². The van der Waals surface area contributed by atoms with Gasteiger partial charge in [0.2, 0.25) is 0 Å². The van der Waals surface area contributed by atoms with E-state index in [0.717, 1.165) is 51.6 Å². The molecule has 0 aliphatic carbocycles. The van der Waals surface area contributed by atoms with E-state index < -0.39 is 27.2 Å². The largest absolute Gasteiger partial charge is 0.385 e. The van der Waals surface area contributed by atoms with Crippen molar-refractivity contribution in [3.63, 3.8) is 0 Å². The van der Waals surface area contributed by atoms with E-state index in [1.807, 2.05) is 20.8 Å². The SMILES string of the molecule is CCc1c2c(cc(C(C)C)c1CC(=O)N=S(N)(=O)c1sc(C(C)(C)O)cc1F)COC2. The zero-order valence-electron chi connectivity index (χ0n) is 18.5. The molecule has 1 amide bonds. The van der Waals surface area contributed by atoms with Gasteiger partial charge in [-0.2, -0.15) is 0 Å². The maximum Gasteiger partial charge on any atom is 0.259 e. The summed E-state index contributed by atoms with van der Waals surface area (Å²) in [4.78, 5) is 13.1. The number of fused-ring (bicyclic) bond motifs is 1. The summed E-state index contributed by atoms with van der Waals surface area (Å²) in [6.45, 7) is 10.1. The average Bonchev–Trinajstić information content (AvgIpc) is 3.26. The van der Waals surface area contributed by atoms with Gasteiger partial charge in [0, 0.05) is 4.88 Å². The number of carbonyl (C=O) groups is 1. The lowest BCUT2D eigenvalue weighted by atomic mass is 9.85. The molecule has 0 saturated carbocycles. The van der Waals surface area contributed by atoms with Gasteiger partial charge in [-0.25, -0.2) is 13.7 Å². The Morgan fingerprint density at radius 3 is 2.58 bits per heavy atom. The molecule has 3 rings (SSSR count). The maximum atomic E-state index is 14.4. The molecule has 0 fully saturated rings. The Hall–Kier alpha value is -1.65. The minimum Gasteiger partial charge on any atom is -0.385 e. The highest BCUT2D eigenvalue weighted by atomic mass is 32.2. The van der Waals surface area contributed by atoms with Crippen molar-refractivity contribution in [2.24, 2.45) is 9.50 Å². The van der Waals surface area contributed by atoms with E-state index in [1.165, 1.54) is 13.8 Å². The van der Waals surface area contributed by atoms with Crippen LogP contribution in [-0.2, 0) is 51.1 Å². The lowest BCUT2D eigenvalue weighted by Crippen LogP contribution is -2.17. The van der Waals surface area contributed by atoms with Crippen molar-refractivity contribution in [1.82, 2.24) is 0 Å². The number of halogens is 1. The summed E-state index contributed by atoms with van der Waals surface area (Å²) in [5.41, 5.74) is 3.85. The van der Waals surface area contributed by atoms with Crippen molar-refractivity contribution >= 4 is 27.2 Å². The van der Waals surface area contributed by atoms with Crippen LogP contribution in [0, 0.1) is 5.82 Å². The summed E-state index contributed by atoms with van der Waals surface area (Å²) in [5, 5.41) is 15.9. The first-order valence-electron chi connectivity index (χ1n) is 10.2. The van der Waals surface area contributed by atoms with E-state index in [0.29, 0.717) is 13.2 Å². The maximum absolute atomic E-state index is 14.4. The van der Waals surface area contributed by atoms with Crippen LogP contribution in [0.4, 0.5) is 4.39 Å². The van der Waals surface area contributed by atoms with Crippen LogP contribution >= 0.6 is 11.3 Å². The van der Waals surface area contributed by atoms with E-state index in [2.05, 4.69) is 10.4 Å². The van der Waals surface area contributed by atoms with Gasteiger partial charge < -0.3 is 9.84 Å². The Morgan fingerprint density at radius 1 is 1.35 bits per heavy atom. The Labute approximate surface area is 186 Å². The van der Waals surface area contributed by atoms with Gasteiger partial charge in [-0.1, -0.05) is 26.8 Å². The zero-order valence-corrected chi connectivity index (χ0v) is 20.1. The summed E-state index contributed by atoms with van der Waals surface area (Å²) in [7, 11) is -3.78. The second-order valence-electron chi connectivity index (χ2n) is 8.60. The number of nitrogens with zero attached hydrogens (tertiary/aromatic N) is 1. The molecule has 1 aromatic heterocycles. The van der Waals surface area contributed by atoms with Crippen LogP contribution in [0.2, 0.25) is 0 Å². The summed E-state index contributed by atoms with van der Waals surface area (Å²) >= 11 is 0.766. The van der Waals surface area contributed by atoms with Crippen molar-refractivity contribution in [1.29, 1.82) is 0 Å². The van der Waals surface area contributed by atoms with E-state index in [1.54, 1.807) is 0 Å². The van der Waals surface area contributed by atoms with Crippen LogP contribution in [0.1, 0.15) is 73.2 Å². The highest BCUT2D eigenvalue weighted by Gasteiger charge is 2.27. The molecule has 9 heteroatoms. The predicted octanol–water partition coefficient (Wildman–Crippen LogP) is 4.30. The molecule has 2 heterocycles. The number of carbonyl (C=O) groups excluding carboxylic acids is 1. The highest BCUT2D eigenvalue weighted by molar-refractivity contribution is 7.93. The predicted molar refractivity (Wildman–Crippen MR) is 120 cm³/mol. The molecule has 1 aromatic carbocycles. The van der Waals surface area contributed by atoms with Crippen LogP contribution in [0.15, 0.2) is 20.7 Å². The highest BCUT2D eigenvalue weighted by Crippen LogP contribution is 2.35. The number of hydrogen-bond donors (Lipinski definition) is 2. The minimum atomic E-state index is -3.78.